The second-order valence-electron chi connectivity index (χ2n) is 10.2. The largest absolute Gasteiger partial charge is 0.398 e. The fraction of sp³-hybridized carbons (Fsp3) is 0.0588. The van der Waals surface area contributed by atoms with Gasteiger partial charge in [-0.3, -0.25) is 0 Å². The summed E-state index contributed by atoms with van der Waals surface area (Å²) >= 11 is 0. The van der Waals surface area contributed by atoms with Crippen molar-refractivity contribution >= 4 is 65.6 Å². The lowest BCUT2D eigenvalue weighted by Gasteiger charge is -2.35. The van der Waals surface area contributed by atoms with Gasteiger partial charge in [0.2, 0.25) is 0 Å². The zero-order chi connectivity index (χ0) is 24.0. The molecule has 0 saturated heterocycles. The highest BCUT2D eigenvalue weighted by Crippen LogP contribution is 2.44. The second kappa shape index (κ2) is 6.84. The predicted octanol–water partition coefficient (Wildman–Crippen LogP) is 7.14. The normalized spacial score (nSPS) is 17.4. The molecule has 0 heterocycles. The van der Waals surface area contributed by atoms with E-state index < -0.39 is 5.54 Å². The zero-order valence-electron chi connectivity index (χ0n) is 19.8. The molecule has 0 radical (unpaired) electrons. The number of hydrogen-bond acceptors (Lipinski definition) is 2. The summed E-state index contributed by atoms with van der Waals surface area (Å²) in [4.78, 5) is 0. The maximum absolute atomic E-state index is 7.53. The fourth-order valence-corrected chi connectivity index (χ4v) is 6.55. The van der Waals surface area contributed by atoms with Crippen LogP contribution in [0.1, 0.15) is 17.5 Å². The van der Waals surface area contributed by atoms with Crippen molar-refractivity contribution in [3.63, 3.8) is 0 Å². The number of benzene rings is 7. The topological polar surface area (TPSA) is 52.0 Å². The Morgan fingerprint density at radius 1 is 0.528 bits per heavy atom. The Labute approximate surface area is 208 Å². The van der Waals surface area contributed by atoms with Crippen LogP contribution >= 0.6 is 0 Å². The minimum atomic E-state index is -0.653. The number of nitrogen functional groups attached to an aromatic ring is 1. The molecule has 1 atom stereocenters. The SMILES string of the molecule is Nc1ccc2ccc3c4c(ccc1c24)=CCC3(N)c1cccc2ccc3cc4ccccc4cc3c12. The van der Waals surface area contributed by atoms with Gasteiger partial charge in [0.25, 0.3) is 0 Å². The molecule has 1 unspecified atom stereocenters. The summed E-state index contributed by atoms with van der Waals surface area (Å²) < 4.78 is 0. The van der Waals surface area contributed by atoms with E-state index in [0.717, 1.165) is 17.5 Å². The molecule has 7 aromatic carbocycles. The van der Waals surface area contributed by atoms with Crippen LogP contribution < -0.4 is 16.7 Å². The predicted molar refractivity (Wildman–Crippen MR) is 154 cm³/mol. The van der Waals surface area contributed by atoms with Crippen molar-refractivity contribution in [2.45, 2.75) is 12.0 Å². The Bertz CT molecular complexity index is 2100. The number of fused-ring (bicyclic) bond motifs is 4. The quantitative estimate of drug-likeness (QED) is 0.155. The molecule has 0 aliphatic heterocycles. The van der Waals surface area contributed by atoms with Crippen LogP contribution in [-0.4, -0.2) is 0 Å². The van der Waals surface area contributed by atoms with Gasteiger partial charge in [-0.05, 0) is 89.4 Å². The molecule has 1 aliphatic rings. The van der Waals surface area contributed by atoms with Crippen LogP contribution in [0.5, 0.6) is 0 Å². The van der Waals surface area contributed by atoms with Gasteiger partial charge in [-0.2, -0.15) is 0 Å². The minimum Gasteiger partial charge on any atom is -0.398 e. The van der Waals surface area contributed by atoms with Gasteiger partial charge in [0.15, 0.2) is 0 Å². The summed E-state index contributed by atoms with van der Waals surface area (Å²) in [5, 5.41) is 13.4. The van der Waals surface area contributed by atoms with E-state index in [4.69, 9.17) is 11.5 Å². The third kappa shape index (κ3) is 2.49. The van der Waals surface area contributed by atoms with E-state index in [0.29, 0.717) is 0 Å². The molecule has 8 rings (SSSR count). The van der Waals surface area contributed by atoms with Gasteiger partial charge in [0, 0.05) is 11.1 Å². The van der Waals surface area contributed by atoms with Gasteiger partial charge in [0.1, 0.15) is 0 Å². The first-order chi connectivity index (χ1) is 17.6. The maximum Gasteiger partial charge on any atom is 0.0713 e. The molecule has 4 N–H and O–H groups in total. The smallest absolute Gasteiger partial charge is 0.0713 e. The van der Waals surface area contributed by atoms with Crippen LogP contribution in [0, 0.1) is 0 Å². The first-order valence-corrected chi connectivity index (χ1v) is 12.5. The summed E-state index contributed by atoms with van der Waals surface area (Å²) in [7, 11) is 0. The lowest BCUT2D eigenvalue weighted by atomic mass is 9.73. The van der Waals surface area contributed by atoms with Crippen LogP contribution in [0.2, 0.25) is 0 Å². The molecule has 0 aromatic heterocycles. The number of anilines is 1. The van der Waals surface area contributed by atoms with Crippen LogP contribution in [0.15, 0.2) is 103 Å². The molecule has 0 saturated carbocycles. The molecule has 36 heavy (non-hydrogen) atoms. The van der Waals surface area contributed by atoms with Gasteiger partial charge in [0.05, 0.1) is 5.54 Å². The Kier molecular flexibility index (Phi) is 3.77. The highest BCUT2D eigenvalue weighted by atomic mass is 14.8. The minimum absolute atomic E-state index is 0.653. The van der Waals surface area contributed by atoms with E-state index >= 15 is 0 Å². The number of nitrogens with two attached hydrogens (primary N) is 2. The average Bonchev–Trinajstić information content (AvgIpc) is 2.92. The number of hydrogen-bond donors (Lipinski definition) is 2. The highest BCUT2D eigenvalue weighted by Gasteiger charge is 2.35. The van der Waals surface area contributed by atoms with Crippen molar-refractivity contribution in [3.05, 3.63) is 119 Å². The molecule has 2 heteroatoms. The maximum atomic E-state index is 7.53. The Hall–Kier alpha value is -4.40. The van der Waals surface area contributed by atoms with E-state index in [-0.39, 0.29) is 0 Å². The van der Waals surface area contributed by atoms with Crippen molar-refractivity contribution in [1.82, 2.24) is 0 Å². The fourth-order valence-electron chi connectivity index (χ4n) is 6.55. The van der Waals surface area contributed by atoms with Gasteiger partial charge in [-0.15, -0.1) is 0 Å². The summed E-state index contributed by atoms with van der Waals surface area (Å²) in [6, 6.07) is 37.2. The van der Waals surface area contributed by atoms with Gasteiger partial charge < -0.3 is 11.5 Å². The van der Waals surface area contributed by atoms with Crippen molar-refractivity contribution in [2.24, 2.45) is 5.73 Å². The van der Waals surface area contributed by atoms with Crippen molar-refractivity contribution in [1.29, 1.82) is 0 Å². The summed E-state index contributed by atoms with van der Waals surface area (Å²) in [5.41, 5.74) is 16.4. The molecule has 0 bridgehead atoms. The number of rotatable bonds is 1. The molecular weight excluding hydrogens is 436 g/mol. The standard InChI is InChI=1S/C34H24N2/c35-30-15-12-21-11-14-29-33-22(10-13-26(30)32(21)33)16-17-34(29,36)28-7-3-6-20-8-9-25-18-23-4-1-2-5-24(23)19-27(25)31(20)28/h1-16,18-19H,17,35-36H2. The van der Waals surface area contributed by atoms with E-state index in [2.05, 4.69) is 103 Å². The first kappa shape index (κ1) is 19.9. The Morgan fingerprint density at radius 2 is 1.22 bits per heavy atom. The van der Waals surface area contributed by atoms with Crippen LogP contribution in [0.3, 0.4) is 0 Å². The lowest BCUT2D eigenvalue weighted by molar-refractivity contribution is 0.566. The van der Waals surface area contributed by atoms with Gasteiger partial charge in [-0.25, -0.2) is 0 Å². The average molecular weight is 461 g/mol. The molecule has 0 fully saturated rings. The van der Waals surface area contributed by atoms with Crippen LogP contribution in [-0.2, 0) is 5.54 Å². The molecule has 1 aliphatic carbocycles. The van der Waals surface area contributed by atoms with Crippen LogP contribution in [0.4, 0.5) is 5.69 Å². The van der Waals surface area contributed by atoms with E-state index in [9.17, 15) is 0 Å². The van der Waals surface area contributed by atoms with Gasteiger partial charge >= 0.3 is 0 Å². The van der Waals surface area contributed by atoms with Crippen molar-refractivity contribution < 1.29 is 0 Å². The van der Waals surface area contributed by atoms with E-state index in [1.807, 2.05) is 6.07 Å². The van der Waals surface area contributed by atoms with E-state index in [1.165, 1.54) is 64.8 Å². The van der Waals surface area contributed by atoms with Gasteiger partial charge in [-0.1, -0.05) is 91.0 Å². The lowest BCUT2D eigenvalue weighted by Crippen LogP contribution is -2.41. The van der Waals surface area contributed by atoms with Crippen molar-refractivity contribution in [2.75, 3.05) is 5.73 Å². The summed E-state index contributed by atoms with van der Waals surface area (Å²) in [6.07, 6.45) is 3.05. The zero-order valence-corrected chi connectivity index (χ0v) is 19.8. The molecule has 2 nitrogen and oxygen atoms in total. The third-order valence-corrected chi connectivity index (χ3v) is 8.31. The molecule has 0 amide bonds. The molecule has 7 aromatic rings. The monoisotopic (exact) mass is 460 g/mol. The third-order valence-electron chi connectivity index (χ3n) is 8.31. The molecule has 170 valence electrons. The second-order valence-corrected chi connectivity index (χ2v) is 10.2. The Morgan fingerprint density at radius 3 is 2.11 bits per heavy atom. The summed E-state index contributed by atoms with van der Waals surface area (Å²) in [6.45, 7) is 0. The Balaban J connectivity index is 1.51. The molecular formula is C34H24N2. The van der Waals surface area contributed by atoms with Crippen LogP contribution in [0.25, 0.3) is 59.9 Å². The van der Waals surface area contributed by atoms with Crippen molar-refractivity contribution in [3.8, 4) is 0 Å². The van der Waals surface area contributed by atoms with E-state index in [1.54, 1.807) is 0 Å². The highest BCUT2D eigenvalue weighted by molar-refractivity contribution is 6.17. The first-order valence-electron chi connectivity index (χ1n) is 12.5. The summed E-state index contributed by atoms with van der Waals surface area (Å²) in [5.74, 6) is 0. The molecule has 0 spiro atoms.